The second-order valence-corrected chi connectivity index (χ2v) is 1.75. The molecule has 0 aliphatic heterocycles. The smallest absolute Gasteiger partial charge is 0.0715 e. The van der Waals surface area contributed by atoms with Crippen LogP contribution in [0.4, 0.5) is 0 Å². The van der Waals surface area contributed by atoms with Gasteiger partial charge in [0.2, 0.25) is 0 Å². The summed E-state index contributed by atoms with van der Waals surface area (Å²) in [6, 6.07) is 0. The van der Waals surface area contributed by atoms with E-state index in [1.54, 1.807) is 12.2 Å². The summed E-state index contributed by atoms with van der Waals surface area (Å²) in [4.78, 5) is 11.3. The van der Waals surface area contributed by atoms with E-state index >= 15 is 0 Å². The van der Waals surface area contributed by atoms with E-state index in [0.29, 0.717) is 0 Å². The molecule has 0 saturated heterocycles. The average Bonchev–Trinajstić information content (AvgIpc) is 1.80. The minimum absolute atomic E-state index is 1.19. The molecular weight excluding hydrogens is 116 g/mol. The maximum Gasteiger partial charge on any atom is 0.0715 e. The van der Waals surface area contributed by atoms with Crippen molar-refractivity contribution >= 4 is 0 Å². The van der Waals surface area contributed by atoms with Crippen LogP contribution in [0.15, 0.2) is 29.7 Å². The molecule has 0 aromatic carbocycles. The van der Waals surface area contributed by atoms with Crippen molar-refractivity contribution in [1.82, 2.24) is 4.90 Å². The highest BCUT2D eigenvalue weighted by Crippen LogP contribution is 1.79. The van der Waals surface area contributed by atoms with E-state index in [9.17, 15) is 4.91 Å². The first-order valence-electron chi connectivity index (χ1n) is 2.59. The van der Waals surface area contributed by atoms with E-state index in [0.717, 1.165) is 0 Å². The zero-order valence-electron chi connectivity index (χ0n) is 5.61. The standard InChI is InChI=1S/C6H10N2O/c1-8(2)6-4-3-5-7-9/h3-6H,1-2H3/b5-3+,6-4+. The summed E-state index contributed by atoms with van der Waals surface area (Å²) in [7, 11) is 3.80. The molecule has 0 aliphatic carbocycles. The molecule has 0 spiro atoms. The maximum absolute atomic E-state index is 9.47. The van der Waals surface area contributed by atoms with Crippen molar-refractivity contribution in [3.8, 4) is 0 Å². The fourth-order valence-electron chi connectivity index (χ4n) is 0.307. The number of nitroso groups, excluding NO2 is 1. The summed E-state index contributed by atoms with van der Waals surface area (Å²) in [6.07, 6.45) is 6.33. The molecule has 0 bridgehead atoms. The Labute approximate surface area is 54.6 Å². The van der Waals surface area contributed by atoms with Crippen LogP contribution in [0.3, 0.4) is 0 Å². The van der Waals surface area contributed by atoms with E-state index in [2.05, 4.69) is 5.18 Å². The molecule has 0 radical (unpaired) electrons. The van der Waals surface area contributed by atoms with Gasteiger partial charge < -0.3 is 4.90 Å². The Bertz CT molecular complexity index is 127. The van der Waals surface area contributed by atoms with Crippen LogP contribution in [0.5, 0.6) is 0 Å². The summed E-state index contributed by atoms with van der Waals surface area (Å²) in [5, 5.41) is 2.53. The van der Waals surface area contributed by atoms with Gasteiger partial charge in [-0.3, -0.25) is 0 Å². The molecule has 0 aromatic heterocycles. The average molecular weight is 126 g/mol. The predicted molar refractivity (Wildman–Crippen MR) is 37.8 cm³/mol. The molecule has 0 aromatic rings. The lowest BCUT2D eigenvalue weighted by atomic mass is 10.5. The Balaban J connectivity index is 3.46. The molecule has 0 aliphatic rings. The minimum atomic E-state index is 1.19. The summed E-state index contributed by atoms with van der Waals surface area (Å²) < 4.78 is 0. The summed E-state index contributed by atoms with van der Waals surface area (Å²) in [5.74, 6) is 0. The van der Waals surface area contributed by atoms with Crippen LogP contribution in [-0.4, -0.2) is 19.0 Å². The van der Waals surface area contributed by atoms with Crippen LogP contribution < -0.4 is 0 Å². The SMILES string of the molecule is CN(C)/C=C/C=C/N=O. The molecular formula is C6H10N2O. The number of hydrogen-bond donors (Lipinski definition) is 0. The summed E-state index contributed by atoms with van der Waals surface area (Å²) in [5.41, 5.74) is 0. The van der Waals surface area contributed by atoms with Crippen LogP contribution in [-0.2, 0) is 0 Å². The molecule has 0 fully saturated rings. The third-order valence-corrected chi connectivity index (χ3v) is 0.642. The molecule has 3 heteroatoms. The Morgan fingerprint density at radius 2 is 2.00 bits per heavy atom. The fraction of sp³-hybridized carbons (Fsp3) is 0.333. The number of rotatable bonds is 3. The van der Waals surface area contributed by atoms with E-state index in [1.807, 2.05) is 25.2 Å². The van der Waals surface area contributed by atoms with Gasteiger partial charge in [0, 0.05) is 14.1 Å². The third-order valence-electron chi connectivity index (χ3n) is 0.642. The van der Waals surface area contributed by atoms with Crippen LogP contribution in [0.2, 0.25) is 0 Å². The van der Waals surface area contributed by atoms with Crippen molar-refractivity contribution in [2.24, 2.45) is 5.18 Å². The second-order valence-electron chi connectivity index (χ2n) is 1.75. The molecule has 9 heavy (non-hydrogen) atoms. The van der Waals surface area contributed by atoms with Crippen LogP contribution in [0, 0.1) is 4.91 Å². The lowest BCUT2D eigenvalue weighted by molar-refractivity contribution is 0.564. The highest BCUT2D eigenvalue weighted by Gasteiger charge is 1.69. The van der Waals surface area contributed by atoms with Gasteiger partial charge in [-0.05, 0) is 23.5 Å². The first-order chi connectivity index (χ1) is 4.27. The van der Waals surface area contributed by atoms with Crippen LogP contribution in [0.1, 0.15) is 0 Å². The Morgan fingerprint density at radius 1 is 1.33 bits per heavy atom. The van der Waals surface area contributed by atoms with Gasteiger partial charge in [0.1, 0.15) is 0 Å². The van der Waals surface area contributed by atoms with Gasteiger partial charge in [-0.25, -0.2) is 0 Å². The summed E-state index contributed by atoms with van der Waals surface area (Å²) >= 11 is 0. The Morgan fingerprint density at radius 3 is 2.44 bits per heavy atom. The van der Waals surface area contributed by atoms with E-state index in [1.165, 1.54) is 6.20 Å². The monoisotopic (exact) mass is 126 g/mol. The Hall–Kier alpha value is -1.12. The molecule has 0 heterocycles. The normalized spacial score (nSPS) is 10.9. The molecule has 0 atom stereocenters. The zero-order chi connectivity index (χ0) is 7.11. The highest BCUT2D eigenvalue weighted by molar-refractivity contribution is 5.00. The van der Waals surface area contributed by atoms with Crippen LogP contribution in [0.25, 0.3) is 0 Å². The number of nitrogens with zero attached hydrogens (tertiary/aromatic N) is 2. The van der Waals surface area contributed by atoms with Gasteiger partial charge in [-0.1, -0.05) is 0 Å². The lowest BCUT2D eigenvalue weighted by Crippen LogP contribution is -1.99. The summed E-state index contributed by atoms with van der Waals surface area (Å²) in [6.45, 7) is 0. The van der Waals surface area contributed by atoms with Crippen molar-refractivity contribution in [1.29, 1.82) is 0 Å². The molecule has 0 unspecified atom stereocenters. The minimum Gasteiger partial charge on any atom is -0.383 e. The number of allylic oxidation sites excluding steroid dienone is 2. The molecule has 0 amide bonds. The van der Waals surface area contributed by atoms with Gasteiger partial charge in [0.15, 0.2) is 0 Å². The van der Waals surface area contributed by atoms with Gasteiger partial charge in [-0.15, -0.1) is 4.91 Å². The van der Waals surface area contributed by atoms with Crippen molar-refractivity contribution in [3.63, 3.8) is 0 Å². The largest absolute Gasteiger partial charge is 0.383 e. The van der Waals surface area contributed by atoms with Crippen molar-refractivity contribution in [2.45, 2.75) is 0 Å². The molecule has 0 N–H and O–H groups in total. The molecule has 50 valence electrons. The predicted octanol–water partition coefficient (Wildman–Crippen LogP) is 1.34. The quantitative estimate of drug-likeness (QED) is 0.422. The maximum atomic E-state index is 9.47. The Kier molecular flexibility index (Phi) is 4.40. The topological polar surface area (TPSA) is 32.7 Å². The van der Waals surface area contributed by atoms with Gasteiger partial charge in [0.25, 0.3) is 0 Å². The van der Waals surface area contributed by atoms with Crippen molar-refractivity contribution < 1.29 is 0 Å². The first-order valence-corrected chi connectivity index (χ1v) is 2.59. The second kappa shape index (κ2) is 5.03. The molecule has 0 saturated carbocycles. The highest BCUT2D eigenvalue weighted by atomic mass is 16.2. The number of hydrogen-bond acceptors (Lipinski definition) is 3. The van der Waals surface area contributed by atoms with Gasteiger partial charge in [-0.2, -0.15) is 0 Å². The van der Waals surface area contributed by atoms with Crippen LogP contribution >= 0.6 is 0 Å². The third kappa shape index (κ3) is 6.88. The fourth-order valence-corrected chi connectivity index (χ4v) is 0.307. The van der Waals surface area contributed by atoms with E-state index < -0.39 is 0 Å². The lowest BCUT2D eigenvalue weighted by Gasteiger charge is -2.00. The van der Waals surface area contributed by atoms with E-state index in [4.69, 9.17) is 0 Å². The zero-order valence-corrected chi connectivity index (χ0v) is 5.61. The molecule has 3 nitrogen and oxygen atoms in total. The van der Waals surface area contributed by atoms with Crippen molar-refractivity contribution in [3.05, 3.63) is 29.5 Å². The first kappa shape index (κ1) is 7.88. The van der Waals surface area contributed by atoms with Gasteiger partial charge in [0.05, 0.1) is 6.20 Å². The van der Waals surface area contributed by atoms with E-state index in [-0.39, 0.29) is 0 Å². The van der Waals surface area contributed by atoms with Crippen molar-refractivity contribution in [2.75, 3.05) is 14.1 Å². The van der Waals surface area contributed by atoms with Gasteiger partial charge >= 0.3 is 0 Å². The molecule has 0 rings (SSSR count).